The molecule has 1 aromatic carbocycles. The topological polar surface area (TPSA) is 118 Å². The fourth-order valence-corrected chi connectivity index (χ4v) is 4.29. The smallest absolute Gasteiger partial charge is 1.00 e. The average Bonchev–Trinajstić information content (AvgIpc) is 2.72. The van der Waals surface area contributed by atoms with Crippen LogP contribution >= 0.6 is 0 Å². The molecule has 9 heteroatoms. The van der Waals surface area contributed by atoms with Gasteiger partial charge >= 0.3 is 63.3 Å². The predicted molar refractivity (Wildman–Crippen MR) is 120 cm³/mol. The van der Waals surface area contributed by atoms with Gasteiger partial charge in [-0.1, -0.05) is 78.1 Å². The molecule has 0 aliphatic heterocycles. The molecule has 32 heavy (non-hydrogen) atoms. The van der Waals surface area contributed by atoms with Crippen molar-refractivity contribution in [2.45, 2.75) is 89.4 Å². The van der Waals surface area contributed by atoms with E-state index in [2.05, 4.69) is 13.8 Å². The summed E-state index contributed by atoms with van der Waals surface area (Å²) in [6.07, 6.45) is 12.3. The van der Waals surface area contributed by atoms with E-state index in [1.54, 1.807) is 0 Å². The number of aromatic carboxylic acids is 1. The van der Waals surface area contributed by atoms with Gasteiger partial charge in [0.1, 0.15) is 4.90 Å². The van der Waals surface area contributed by atoms with Crippen LogP contribution in [0, 0.1) is 5.92 Å². The molecule has 178 valence electrons. The Labute approximate surface area is 236 Å². The van der Waals surface area contributed by atoms with E-state index in [1.165, 1.54) is 38.5 Å². The normalized spacial score (nSPS) is 11.2. The van der Waals surface area contributed by atoms with Crippen LogP contribution in [0.1, 0.15) is 107 Å². The van der Waals surface area contributed by atoms with Gasteiger partial charge in [-0.3, -0.25) is 4.55 Å². The summed E-state index contributed by atoms with van der Waals surface area (Å²) in [5.74, 6) is -1.81. The van der Waals surface area contributed by atoms with Crippen molar-refractivity contribution < 1.29 is 85.2 Å². The van der Waals surface area contributed by atoms with Crippen LogP contribution < -0.4 is 51.4 Å². The van der Waals surface area contributed by atoms with Crippen molar-refractivity contribution in [3.8, 4) is 0 Å². The summed E-state index contributed by atoms with van der Waals surface area (Å²) in [6.45, 7) is 4.49. The zero-order chi connectivity index (χ0) is 23.3. The number of rotatable bonds is 16. The van der Waals surface area contributed by atoms with Gasteiger partial charge in [-0.15, -0.1) is 0 Å². The summed E-state index contributed by atoms with van der Waals surface area (Å²) < 4.78 is 37.9. The van der Waals surface area contributed by atoms with Gasteiger partial charge in [0, 0.05) is 0 Å². The fraction of sp³-hybridized carbons (Fsp3) is 0.652. The number of carbonyl (C=O) groups excluding carboxylic acids is 1. The van der Waals surface area contributed by atoms with Gasteiger partial charge in [0.15, 0.2) is 0 Å². The molecule has 0 fully saturated rings. The molecule has 1 rings (SSSR count). The molecular weight excluding hydrogens is 459 g/mol. The van der Waals surface area contributed by atoms with E-state index >= 15 is 0 Å². The Kier molecular flexibility index (Phi) is 17.0. The summed E-state index contributed by atoms with van der Waals surface area (Å²) >= 11 is 0. The van der Waals surface area contributed by atoms with Gasteiger partial charge in [0.05, 0.1) is 17.7 Å². The molecule has 0 heterocycles. The summed E-state index contributed by atoms with van der Waals surface area (Å²) in [5.41, 5.74) is -0.710. The zero-order valence-corrected chi connectivity index (χ0v) is 23.6. The number of hydrogen-bond donors (Lipinski definition) is 2. The molecular formula is C23H37KO7S. The minimum Gasteiger partial charge on any atom is -1.00 e. The maximum Gasteiger partial charge on any atom is 1.00 e. The Morgan fingerprint density at radius 2 is 1.53 bits per heavy atom. The Morgan fingerprint density at radius 1 is 0.969 bits per heavy atom. The van der Waals surface area contributed by atoms with E-state index in [4.69, 9.17) is 9.84 Å². The minimum absolute atomic E-state index is 0. The SMILES string of the molecule is CCCCCCC(CCCCCC)CCOC(=O)c1ccc(C(=O)O)cc1S(=O)(=O)O.[H-].[K+]. The number of ether oxygens (including phenoxy) is 1. The Bertz CT molecular complexity index is 803. The van der Waals surface area contributed by atoms with E-state index in [0.717, 1.165) is 43.9 Å². The van der Waals surface area contributed by atoms with Crippen LogP contribution in [0.25, 0.3) is 0 Å². The largest absolute Gasteiger partial charge is 1.00 e. The van der Waals surface area contributed by atoms with Gasteiger partial charge in [-0.2, -0.15) is 8.42 Å². The number of unbranched alkanes of at least 4 members (excludes halogenated alkanes) is 6. The predicted octanol–water partition coefficient (Wildman–Crippen LogP) is 2.85. The van der Waals surface area contributed by atoms with E-state index in [-0.39, 0.29) is 70.5 Å². The van der Waals surface area contributed by atoms with Gasteiger partial charge in [-0.25, -0.2) is 9.59 Å². The van der Waals surface area contributed by atoms with Crippen LogP contribution in [0.5, 0.6) is 0 Å². The number of carboxylic acid groups (broad SMARTS) is 1. The molecule has 0 bridgehead atoms. The molecule has 0 unspecified atom stereocenters. The molecule has 0 spiro atoms. The van der Waals surface area contributed by atoms with Gasteiger partial charge in [-0.05, 0) is 30.5 Å². The molecule has 0 aromatic heterocycles. The van der Waals surface area contributed by atoms with E-state index in [0.29, 0.717) is 12.3 Å². The molecule has 0 aliphatic rings. The van der Waals surface area contributed by atoms with Crippen molar-refractivity contribution in [2.75, 3.05) is 6.61 Å². The third-order valence-electron chi connectivity index (χ3n) is 5.42. The molecule has 0 saturated carbocycles. The Morgan fingerprint density at radius 3 is 2.00 bits per heavy atom. The first-order valence-corrected chi connectivity index (χ1v) is 12.7. The first-order valence-electron chi connectivity index (χ1n) is 11.2. The maximum absolute atomic E-state index is 12.4. The molecule has 0 aliphatic carbocycles. The van der Waals surface area contributed by atoms with Crippen LogP contribution in [0.2, 0.25) is 0 Å². The summed E-state index contributed by atoms with van der Waals surface area (Å²) in [7, 11) is -4.78. The molecule has 0 saturated heterocycles. The number of esters is 1. The zero-order valence-electron chi connectivity index (χ0n) is 20.6. The number of carbonyl (C=O) groups is 2. The molecule has 1 aromatic rings. The monoisotopic (exact) mass is 496 g/mol. The van der Waals surface area contributed by atoms with Gasteiger partial charge in [0.2, 0.25) is 0 Å². The molecule has 0 amide bonds. The minimum atomic E-state index is -4.78. The third kappa shape index (κ3) is 12.2. The molecule has 0 atom stereocenters. The first-order chi connectivity index (χ1) is 14.7. The van der Waals surface area contributed by atoms with E-state index in [9.17, 15) is 22.6 Å². The average molecular weight is 497 g/mol. The van der Waals surface area contributed by atoms with Crippen molar-refractivity contribution in [1.82, 2.24) is 0 Å². The Hall–Kier alpha value is -0.294. The van der Waals surface area contributed by atoms with Crippen LogP contribution in [0.15, 0.2) is 23.1 Å². The molecule has 0 radical (unpaired) electrons. The number of hydrogen-bond acceptors (Lipinski definition) is 5. The summed E-state index contributed by atoms with van der Waals surface area (Å²) in [5, 5.41) is 9.02. The standard InChI is InChI=1S/C23H36O7S.K.H/c1-3-5-7-9-11-18(12-10-8-6-4-2)15-16-30-23(26)20-14-13-19(22(24)25)17-21(20)31(27,28)29;;/h13-14,17-18H,3-12,15-16H2,1-2H3,(H,24,25)(H,27,28,29);;/q;+1;-1. The van der Waals surface area contributed by atoms with Crippen LogP contribution in [-0.4, -0.2) is 36.6 Å². The van der Waals surface area contributed by atoms with Crippen LogP contribution in [0.4, 0.5) is 0 Å². The second-order valence-corrected chi connectivity index (χ2v) is 9.37. The Balaban J connectivity index is 0. The second kappa shape index (κ2) is 17.2. The van der Waals surface area contributed by atoms with Crippen molar-refractivity contribution in [3.05, 3.63) is 29.3 Å². The van der Waals surface area contributed by atoms with Crippen LogP contribution in [0.3, 0.4) is 0 Å². The van der Waals surface area contributed by atoms with Gasteiger partial charge in [0.25, 0.3) is 10.1 Å². The summed E-state index contributed by atoms with van der Waals surface area (Å²) in [6, 6.07) is 2.93. The van der Waals surface area contributed by atoms with Crippen molar-refractivity contribution in [1.29, 1.82) is 0 Å². The van der Waals surface area contributed by atoms with Crippen molar-refractivity contribution >= 4 is 22.1 Å². The molecule has 7 nitrogen and oxygen atoms in total. The fourth-order valence-electron chi connectivity index (χ4n) is 3.59. The van der Waals surface area contributed by atoms with Crippen molar-refractivity contribution in [2.24, 2.45) is 5.92 Å². The molecule has 2 N–H and O–H groups in total. The maximum atomic E-state index is 12.4. The number of carboxylic acids is 1. The first kappa shape index (κ1) is 31.7. The van der Waals surface area contributed by atoms with Gasteiger partial charge < -0.3 is 11.3 Å². The number of benzene rings is 1. The quantitative estimate of drug-likeness (QED) is 0.156. The summed E-state index contributed by atoms with van der Waals surface area (Å²) in [4.78, 5) is 22.7. The van der Waals surface area contributed by atoms with E-state index in [1.807, 2.05) is 0 Å². The van der Waals surface area contributed by atoms with Crippen LogP contribution in [-0.2, 0) is 14.9 Å². The van der Waals surface area contributed by atoms with Crippen molar-refractivity contribution in [3.63, 3.8) is 0 Å². The van der Waals surface area contributed by atoms with E-state index < -0.39 is 27.0 Å². The second-order valence-electron chi connectivity index (χ2n) is 7.98. The third-order valence-corrected chi connectivity index (χ3v) is 6.31.